The van der Waals surface area contributed by atoms with Gasteiger partial charge in [0, 0.05) is 16.4 Å². The Kier molecular flexibility index (Phi) is 5.80. The number of ether oxygens (including phenoxy) is 1. The SMILES string of the molecule is COc1ccc(Cl)cc1NC(=O)c1cc(C)nc(Nc2ccc(C)cc2C)n1. The molecule has 0 atom stereocenters. The van der Waals surface area contributed by atoms with Gasteiger partial charge >= 0.3 is 0 Å². The monoisotopic (exact) mass is 396 g/mol. The number of nitrogens with one attached hydrogen (secondary N) is 2. The molecule has 0 aliphatic heterocycles. The number of hydrogen-bond acceptors (Lipinski definition) is 5. The average Bonchev–Trinajstić information content (AvgIpc) is 2.64. The number of carbonyl (C=O) groups excluding carboxylic acids is 1. The van der Waals surface area contributed by atoms with Crippen molar-refractivity contribution >= 4 is 34.8 Å². The minimum absolute atomic E-state index is 0.238. The highest BCUT2D eigenvalue weighted by Crippen LogP contribution is 2.28. The number of carbonyl (C=O) groups is 1. The largest absolute Gasteiger partial charge is 0.495 e. The van der Waals surface area contributed by atoms with Gasteiger partial charge in [-0.1, -0.05) is 29.3 Å². The lowest BCUT2D eigenvalue weighted by Crippen LogP contribution is -2.16. The maximum absolute atomic E-state index is 12.7. The third kappa shape index (κ3) is 4.58. The Morgan fingerprint density at radius 1 is 1.00 bits per heavy atom. The van der Waals surface area contributed by atoms with E-state index in [9.17, 15) is 4.79 Å². The molecule has 0 saturated heterocycles. The van der Waals surface area contributed by atoms with E-state index in [0.717, 1.165) is 11.3 Å². The van der Waals surface area contributed by atoms with Crippen molar-refractivity contribution in [1.29, 1.82) is 0 Å². The highest BCUT2D eigenvalue weighted by Gasteiger charge is 2.14. The zero-order valence-corrected chi connectivity index (χ0v) is 16.9. The molecule has 0 spiro atoms. The van der Waals surface area contributed by atoms with Crippen LogP contribution in [0.1, 0.15) is 27.3 Å². The van der Waals surface area contributed by atoms with Crippen molar-refractivity contribution in [1.82, 2.24) is 9.97 Å². The fourth-order valence-corrected chi connectivity index (χ4v) is 2.95. The van der Waals surface area contributed by atoms with Crippen LogP contribution in [0.3, 0.4) is 0 Å². The van der Waals surface area contributed by atoms with E-state index in [4.69, 9.17) is 16.3 Å². The van der Waals surface area contributed by atoms with E-state index < -0.39 is 0 Å². The van der Waals surface area contributed by atoms with Crippen LogP contribution in [0.2, 0.25) is 5.02 Å². The van der Waals surface area contributed by atoms with Crippen LogP contribution in [0.25, 0.3) is 0 Å². The zero-order valence-electron chi connectivity index (χ0n) is 16.1. The summed E-state index contributed by atoms with van der Waals surface area (Å²) in [4.78, 5) is 21.5. The second-order valence-corrected chi connectivity index (χ2v) is 6.90. The van der Waals surface area contributed by atoms with E-state index in [1.165, 1.54) is 12.7 Å². The predicted molar refractivity (Wildman–Crippen MR) is 112 cm³/mol. The molecule has 2 N–H and O–H groups in total. The molecular formula is C21H21ClN4O2. The molecule has 0 aliphatic carbocycles. The maximum Gasteiger partial charge on any atom is 0.274 e. The number of methoxy groups -OCH3 is 1. The Morgan fingerprint density at radius 2 is 1.79 bits per heavy atom. The summed E-state index contributed by atoms with van der Waals surface area (Å²) >= 11 is 6.03. The Bertz CT molecular complexity index is 1040. The topological polar surface area (TPSA) is 76.1 Å². The van der Waals surface area contributed by atoms with Crippen LogP contribution in [0.4, 0.5) is 17.3 Å². The fourth-order valence-electron chi connectivity index (χ4n) is 2.78. The summed E-state index contributed by atoms with van der Waals surface area (Å²) in [5, 5.41) is 6.47. The molecule has 7 heteroatoms. The standard InChI is InChI=1S/C21H21ClN4O2/c1-12-5-7-16(13(2)9-12)25-21-23-14(3)10-18(26-21)20(27)24-17-11-15(22)6-8-19(17)28-4/h5-11H,1-4H3,(H,24,27)(H,23,25,26). The predicted octanol–water partition coefficient (Wildman–Crippen LogP) is 5.06. The molecule has 1 amide bonds. The highest BCUT2D eigenvalue weighted by molar-refractivity contribution is 6.31. The van der Waals surface area contributed by atoms with Crippen molar-refractivity contribution in [2.75, 3.05) is 17.7 Å². The first kappa shape index (κ1) is 19.6. The first-order valence-corrected chi connectivity index (χ1v) is 9.08. The number of rotatable bonds is 5. The van der Waals surface area contributed by atoms with E-state index in [1.54, 1.807) is 24.3 Å². The van der Waals surface area contributed by atoms with Crippen molar-refractivity contribution in [3.8, 4) is 5.75 Å². The summed E-state index contributed by atoms with van der Waals surface area (Å²) in [5.74, 6) is 0.488. The van der Waals surface area contributed by atoms with Crippen LogP contribution < -0.4 is 15.4 Å². The van der Waals surface area contributed by atoms with Gasteiger partial charge in [0.05, 0.1) is 12.8 Å². The molecule has 28 heavy (non-hydrogen) atoms. The average molecular weight is 397 g/mol. The van der Waals surface area contributed by atoms with Crippen molar-refractivity contribution in [3.05, 3.63) is 70.0 Å². The molecule has 2 aromatic carbocycles. The van der Waals surface area contributed by atoms with Gasteiger partial charge in [0.2, 0.25) is 5.95 Å². The summed E-state index contributed by atoms with van der Waals surface area (Å²) in [5.41, 5.74) is 4.51. The van der Waals surface area contributed by atoms with Gasteiger partial charge in [0.1, 0.15) is 11.4 Å². The minimum Gasteiger partial charge on any atom is -0.495 e. The van der Waals surface area contributed by atoms with E-state index in [-0.39, 0.29) is 11.6 Å². The van der Waals surface area contributed by atoms with Crippen LogP contribution in [0.15, 0.2) is 42.5 Å². The molecule has 1 aromatic heterocycles. The smallest absolute Gasteiger partial charge is 0.274 e. The Hall–Kier alpha value is -3.12. The zero-order chi connectivity index (χ0) is 20.3. The first-order chi connectivity index (χ1) is 13.4. The molecule has 6 nitrogen and oxygen atoms in total. The van der Waals surface area contributed by atoms with E-state index in [2.05, 4.69) is 26.7 Å². The third-order valence-corrected chi connectivity index (χ3v) is 4.36. The van der Waals surface area contributed by atoms with Gasteiger partial charge in [-0.2, -0.15) is 0 Å². The van der Waals surface area contributed by atoms with Crippen molar-refractivity contribution in [2.45, 2.75) is 20.8 Å². The summed E-state index contributed by atoms with van der Waals surface area (Å²) in [6, 6.07) is 12.7. The van der Waals surface area contributed by atoms with Gasteiger partial charge in [-0.3, -0.25) is 4.79 Å². The molecule has 0 radical (unpaired) electrons. The summed E-state index contributed by atoms with van der Waals surface area (Å²) in [7, 11) is 1.53. The highest BCUT2D eigenvalue weighted by atomic mass is 35.5. The molecular weight excluding hydrogens is 376 g/mol. The first-order valence-electron chi connectivity index (χ1n) is 8.70. The normalized spacial score (nSPS) is 10.5. The number of halogens is 1. The quantitative estimate of drug-likeness (QED) is 0.630. The number of aryl methyl sites for hydroxylation is 3. The van der Waals surface area contributed by atoms with Crippen molar-refractivity contribution in [3.63, 3.8) is 0 Å². The lowest BCUT2D eigenvalue weighted by molar-refractivity contribution is 0.102. The van der Waals surface area contributed by atoms with Crippen LogP contribution in [-0.4, -0.2) is 23.0 Å². The van der Waals surface area contributed by atoms with Gasteiger partial charge in [-0.15, -0.1) is 0 Å². The molecule has 0 aliphatic rings. The van der Waals surface area contributed by atoms with E-state index in [1.807, 2.05) is 32.9 Å². The molecule has 0 saturated carbocycles. The van der Waals surface area contributed by atoms with Crippen molar-refractivity contribution < 1.29 is 9.53 Å². The molecule has 144 valence electrons. The van der Waals surface area contributed by atoms with Crippen LogP contribution in [0, 0.1) is 20.8 Å². The lowest BCUT2D eigenvalue weighted by Gasteiger charge is -2.12. The Balaban J connectivity index is 1.86. The van der Waals surface area contributed by atoms with Gasteiger partial charge in [0.15, 0.2) is 0 Å². The molecule has 3 rings (SSSR count). The van der Waals surface area contributed by atoms with Crippen LogP contribution >= 0.6 is 11.6 Å². The molecule has 0 bridgehead atoms. The second-order valence-electron chi connectivity index (χ2n) is 6.46. The fraction of sp³-hybridized carbons (Fsp3) is 0.190. The third-order valence-electron chi connectivity index (χ3n) is 4.12. The lowest BCUT2D eigenvalue weighted by atomic mass is 10.1. The number of aromatic nitrogens is 2. The summed E-state index contributed by atoms with van der Waals surface area (Å²) < 4.78 is 5.27. The number of hydrogen-bond donors (Lipinski definition) is 2. The Morgan fingerprint density at radius 3 is 2.50 bits per heavy atom. The molecule has 1 heterocycles. The number of benzene rings is 2. The van der Waals surface area contributed by atoms with Gasteiger partial charge in [-0.25, -0.2) is 9.97 Å². The number of nitrogens with zero attached hydrogens (tertiary/aromatic N) is 2. The van der Waals surface area contributed by atoms with E-state index in [0.29, 0.717) is 28.1 Å². The van der Waals surface area contributed by atoms with Crippen LogP contribution in [-0.2, 0) is 0 Å². The van der Waals surface area contributed by atoms with Crippen molar-refractivity contribution in [2.24, 2.45) is 0 Å². The molecule has 0 unspecified atom stereocenters. The number of amides is 1. The summed E-state index contributed by atoms with van der Waals surface area (Å²) in [6.45, 7) is 5.85. The Labute approximate surface area is 168 Å². The minimum atomic E-state index is -0.380. The molecule has 0 fully saturated rings. The van der Waals surface area contributed by atoms with E-state index >= 15 is 0 Å². The van der Waals surface area contributed by atoms with Gasteiger partial charge in [-0.05, 0) is 56.7 Å². The summed E-state index contributed by atoms with van der Waals surface area (Å²) in [6.07, 6.45) is 0. The maximum atomic E-state index is 12.7. The van der Waals surface area contributed by atoms with Crippen LogP contribution in [0.5, 0.6) is 5.75 Å². The second kappa shape index (κ2) is 8.27. The number of anilines is 3. The van der Waals surface area contributed by atoms with Gasteiger partial charge < -0.3 is 15.4 Å². The molecule has 3 aromatic rings. The van der Waals surface area contributed by atoms with Gasteiger partial charge in [0.25, 0.3) is 5.91 Å².